The molecule has 20 heavy (non-hydrogen) atoms. The van der Waals surface area contributed by atoms with Gasteiger partial charge in [0.25, 0.3) is 5.91 Å². The molecular formula is C14H18BrN3O2. The first-order valence-electron chi connectivity index (χ1n) is 6.64. The predicted octanol–water partition coefficient (Wildman–Crippen LogP) is 2.58. The number of oxime groups is 1. The summed E-state index contributed by atoms with van der Waals surface area (Å²) < 4.78 is 0.860. The number of carbonyl (C=O) groups is 1. The van der Waals surface area contributed by atoms with Gasteiger partial charge in [-0.2, -0.15) is 0 Å². The number of hydrogen-bond donors (Lipinski definition) is 2. The maximum Gasteiger partial charge on any atom is 0.254 e. The number of amidine groups is 1. The molecule has 6 heteroatoms. The molecule has 0 aliphatic heterocycles. The Morgan fingerprint density at radius 3 is 2.75 bits per heavy atom. The fraction of sp³-hybridized carbons (Fsp3) is 0.429. The van der Waals surface area contributed by atoms with Gasteiger partial charge in [0.1, 0.15) is 0 Å². The van der Waals surface area contributed by atoms with Crippen molar-refractivity contribution in [2.75, 3.05) is 6.54 Å². The molecule has 0 atom stereocenters. The molecule has 0 heterocycles. The topological polar surface area (TPSA) is 78.9 Å². The zero-order chi connectivity index (χ0) is 14.5. The molecule has 1 aliphatic carbocycles. The standard InChI is InChI=1S/C14H18BrN3O2/c15-11-5-3-4-10(8-11)14(19)18(9-13(16)17-20)12-6-1-2-7-12/h3-5,8,12,20H,1-2,6-7,9H2,(H2,16,17). The van der Waals surface area contributed by atoms with E-state index in [1.54, 1.807) is 17.0 Å². The van der Waals surface area contributed by atoms with Crippen molar-refractivity contribution in [3.05, 3.63) is 34.3 Å². The molecule has 0 aromatic heterocycles. The Morgan fingerprint density at radius 2 is 2.15 bits per heavy atom. The van der Waals surface area contributed by atoms with E-state index in [9.17, 15) is 4.79 Å². The van der Waals surface area contributed by atoms with Crippen LogP contribution in [0.4, 0.5) is 0 Å². The third-order valence-corrected chi connectivity index (χ3v) is 4.05. The normalized spacial score (nSPS) is 16.4. The summed E-state index contributed by atoms with van der Waals surface area (Å²) in [6, 6.07) is 7.44. The van der Waals surface area contributed by atoms with Crippen molar-refractivity contribution in [1.82, 2.24) is 4.90 Å². The molecule has 1 saturated carbocycles. The molecule has 0 unspecified atom stereocenters. The van der Waals surface area contributed by atoms with Crippen LogP contribution >= 0.6 is 15.9 Å². The van der Waals surface area contributed by atoms with Crippen LogP contribution in [0.5, 0.6) is 0 Å². The maximum atomic E-state index is 12.6. The van der Waals surface area contributed by atoms with Gasteiger partial charge in [0.05, 0.1) is 6.54 Å². The Balaban J connectivity index is 2.23. The number of benzene rings is 1. The van der Waals surface area contributed by atoms with E-state index in [-0.39, 0.29) is 24.3 Å². The van der Waals surface area contributed by atoms with Gasteiger partial charge in [-0.25, -0.2) is 0 Å². The number of carbonyl (C=O) groups excluding carboxylic acids is 1. The highest BCUT2D eigenvalue weighted by Gasteiger charge is 2.28. The van der Waals surface area contributed by atoms with Crippen LogP contribution in [0.25, 0.3) is 0 Å². The molecule has 0 bridgehead atoms. The Morgan fingerprint density at radius 1 is 1.45 bits per heavy atom. The van der Waals surface area contributed by atoms with Crippen molar-refractivity contribution in [3.63, 3.8) is 0 Å². The highest BCUT2D eigenvalue weighted by Crippen LogP contribution is 2.25. The summed E-state index contributed by atoms with van der Waals surface area (Å²) in [5.74, 6) is -0.0231. The number of amides is 1. The molecule has 1 aromatic rings. The second kappa shape index (κ2) is 6.74. The number of nitrogens with two attached hydrogens (primary N) is 1. The van der Waals surface area contributed by atoms with Crippen molar-refractivity contribution in [3.8, 4) is 0 Å². The van der Waals surface area contributed by atoms with E-state index in [0.29, 0.717) is 5.56 Å². The lowest BCUT2D eigenvalue weighted by molar-refractivity contribution is 0.0712. The van der Waals surface area contributed by atoms with Crippen LogP contribution in [-0.4, -0.2) is 34.4 Å². The van der Waals surface area contributed by atoms with Crippen LogP contribution in [-0.2, 0) is 0 Å². The highest BCUT2D eigenvalue weighted by atomic mass is 79.9. The van der Waals surface area contributed by atoms with E-state index in [4.69, 9.17) is 10.9 Å². The first-order valence-corrected chi connectivity index (χ1v) is 7.44. The monoisotopic (exact) mass is 339 g/mol. The summed E-state index contributed by atoms with van der Waals surface area (Å²) in [6.07, 6.45) is 4.17. The van der Waals surface area contributed by atoms with Gasteiger partial charge in [0.2, 0.25) is 0 Å². The third kappa shape index (κ3) is 3.50. The largest absolute Gasteiger partial charge is 0.409 e. The van der Waals surface area contributed by atoms with Crippen molar-refractivity contribution < 1.29 is 10.0 Å². The highest BCUT2D eigenvalue weighted by molar-refractivity contribution is 9.10. The molecule has 1 aliphatic rings. The summed E-state index contributed by atoms with van der Waals surface area (Å²) in [5, 5.41) is 11.7. The van der Waals surface area contributed by atoms with E-state index in [2.05, 4.69) is 21.1 Å². The maximum absolute atomic E-state index is 12.6. The number of halogens is 1. The van der Waals surface area contributed by atoms with Gasteiger partial charge >= 0.3 is 0 Å². The van der Waals surface area contributed by atoms with Crippen LogP contribution in [0.1, 0.15) is 36.0 Å². The van der Waals surface area contributed by atoms with Gasteiger partial charge in [0, 0.05) is 16.1 Å². The number of rotatable bonds is 4. The zero-order valence-electron chi connectivity index (χ0n) is 11.1. The quantitative estimate of drug-likeness (QED) is 0.383. The van der Waals surface area contributed by atoms with Crippen LogP contribution in [0.3, 0.4) is 0 Å². The third-order valence-electron chi connectivity index (χ3n) is 3.56. The summed E-state index contributed by atoms with van der Waals surface area (Å²) in [7, 11) is 0. The van der Waals surface area contributed by atoms with Gasteiger partial charge < -0.3 is 15.8 Å². The van der Waals surface area contributed by atoms with Crippen molar-refractivity contribution in [2.45, 2.75) is 31.7 Å². The predicted molar refractivity (Wildman–Crippen MR) is 80.8 cm³/mol. The smallest absolute Gasteiger partial charge is 0.254 e. The van der Waals surface area contributed by atoms with E-state index in [1.165, 1.54) is 0 Å². The molecule has 2 rings (SSSR count). The minimum atomic E-state index is -0.0789. The lowest BCUT2D eigenvalue weighted by atomic mass is 10.1. The van der Waals surface area contributed by atoms with Crippen LogP contribution < -0.4 is 5.73 Å². The molecule has 0 saturated heterocycles. The molecular weight excluding hydrogens is 322 g/mol. The van der Waals surface area contributed by atoms with E-state index in [0.717, 1.165) is 30.2 Å². The lowest BCUT2D eigenvalue weighted by Crippen LogP contribution is -2.44. The van der Waals surface area contributed by atoms with E-state index in [1.807, 2.05) is 12.1 Å². The second-order valence-electron chi connectivity index (χ2n) is 4.97. The molecule has 108 valence electrons. The van der Waals surface area contributed by atoms with Crippen LogP contribution in [0.15, 0.2) is 33.9 Å². The minimum absolute atomic E-state index is 0.0558. The fourth-order valence-electron chi connectivity index (χ4n) is 2.58. The lowest BCUT2D eigenvalue weighted by Gasteiger charge is -2.28. The summed E-state index contributed by atoms with van der Waals surface area (Å²) >= 11 is 3.37. The molecule has 1 aromatic carbocycles. The van der Waals surface area contributed by atoms with Gasteiger partial charge in [0.15, 0.2) is 5.84 Å². The Labute approximate surface area is 126 Å². The summed E-state index contributed by atoms with van der Waals surface area (Å²) in [6.45, 7) is 0.159. The zero-order valence-corrected chi connectivity index (χ0v) is 12.7. The van der Waals surface area contributed by atoms with Gasteiger partial charge in [-0.15, -0.1) is 0 Å². The van der Waals surface area contributed by atoms with E-state index >= 15 is 0 Å². The van der Waals surface area contributed by atoms with Gasteiger partial charge in [-0.05, 0) is 31.0 Å². The second-order valence-corrected chi connectivity index (χ2v) is 5.89. The molecule has 0 radical (unpaired) electrons. The minimum Gasteiger partial charge on any atom is -0.409 e. The Hall–Kier alpha value is -1.56. The average Bonchev–Trinajstić information content (AvgIpc) is 2.97. The molecule has 1 fully saturated rings. The summed E-state index contributed by atoms with van der Waals surface area (Å²) in [4.78, 5) is 14.4. The SMILES string of the molecule is NC(CN(C(=O)c1cccc(Br)c1)C1CCCC1)=NO. The molecule has 5 nitrogen and oxygen atoms in total. The Kier molecular flexibility index (Phi) is 5.00. The number of hydrogen-bond acceptors (Lipinski definition) is 3. The fourth-order valence-corrected chi connectivity index (χ4v) is 2.98. The average molecular weight is 340 g/mol. The van der Waals surface area contributed by atoms with Gasteiger partial charge in [-0.3, -0.25) is 4.79 Å². The Bertz CT molecular complexity index is 513. The first-order chi connectivity index (χ1) is 9.61. The van der Waals surface area contributed by atoms with Crippen molar-refractivity contribution >= 4 is 27.7 Å². The van der Waals surface area contributed by atoms with Crippen LogP contribution in [0.2, 0.25) is 0 Å². The summed E-state index contributed by atoms with van der Waals surface area (Å²) in [5.41, 5.74) is 6.19. The van der Waals surface area contributed by atoms with Crippen LogP contribution in [0, 0.1) is 0 Å². The molecule has 0 spiro atoms. The van der Waals surface area contributed by atoms with Gasteiger partial charge in [-0.1, -0.05) is 40.0 Å². The van der Waals surface area contributed by atoms with Crippen molar-refractivity contribution in [1.29, 1.82) is 0 Å². The van der Waals surface area contributed by atoms with E-state index < -0.39 is 0 Å². The molecule has 1 amide bonds. The first kappa shape index (κ1) is 14.8. The van der Waals surface area contributed by atoms with Crippen molar-refractivity contribution in [2.24, 2.45) is 10.9 Å². The number of nitrogens with zero attached hydrogens (tertiary/aromatic N) is 2. The molecule has 3 N–H and O–H groups in total.